The number of hydrogen-bond donors (Lipinski definition) is 2. The number of amides is 1. The maximum Gasteiger partial charge on any atom is 0.274 e. The third kappa shape index (κ3) is 2.63. The smallest absolute Gasteiger partial charge is 0.274 e. The summed E-state index contributed by atoms with van der Waals surface area (Å²) in [4.78, 5) is 29.2. The van der Waals surface area contributed by atoms with E-state index in [9.17, 15) is 9.59 Å². The molecule has 0 aliphatic rings. The number of aromatic nitrogens is 2. The fourth-order valence-electron chi connectivity index (χ4n) is 1.63. The molecule has 0 radical (unpaired) electrons. The van der Waals surface area contributed by atoms with Crippen LogP contribution in [0.4, 0.5) is 5.69 Å². The molecular weight excluding hydrogens is 230 g/mol. The van der Waals surface area contributed by atoms with Gasteiger partial charge in [0.1, 0.15) is 5.69 Å². The first-order chi connectivity index (χ1) is 8.70. The van der Waals surface area contributed by atoms with Gasteiger partial charge in [-0.1, -0.05) is 25.1 Å². The Morgan fingerprint density at radius 2 is 2.17 bits per heavy atom. The number of nitrogens with zero attached hydrogens (tertiary/aromatic N) is 1. The molecule has 0 aliphatic carbocycles. The zero-order chi connectivity index (χ0) is 13.0. The summed E-state index contributed by atoms with van der Waals surface area (Å²) in [7, 11) is 0. The van der Waals surface area contributed by atoms with Crippen LogP contribution >= 0.6 is 0 Å². The van der Waals surface area contributed by atoms with Crippen LogP contribution in [0.5, 0.6) is 0 Å². The standard InChI is InChI=1S/C13H13N3O2/c1-2-9-5-3-4-6-10(9)16-13(18)11-7-12(17)15-8-14-11/h3-8H,2H2,1H3,(H,16,18)(H,14,15,17). The normalized spacial score (nSPS) is 10.1. The highest BCUT2D eigenvalue weighted by molar-refractivity contribution is 6.03. The van der Waals surface area contributed by atoms with E-state index in [1.807, 2.05) is 31.2 Å². The zero-order valence-corrected chi connectivity index (χ0v) is 9.93. The van der Waals surface area contributed by atoms with Crippen molar-refractivity contribution in [3.8, 4) is 0 Å². The van der Waals surface area contributed by atoms with E-state index in [0.29, 0.717) is 0 Å². The summed E-state index contributed by atoms with van der Waals surface area (Å²) in [6.45, 7) is 2.01. The van der Waals surface area contributed by atoms with Crippen LogP contribution in [0.3, 0.4) is 0 Å². The minimum absolute atomic E-state index is 0.102. The van der Waals surface area contributed by atoms with Gasteiger partial charge in [-0.15, -0.1) is 0 Å². The predicted molar refractivity (Wildman–Crippen MR) is 68.6 cm³/mol. The van der Waals surface area contributed by atoms with Gasteiger partial charge in [0.2, 0.25) is 0 Å². The minimum Gasteiger partial charge on any atom is -0.320 e. The van der Waals surface area contributed by atoms with E-state index in [4.69, 9.17) is 0 Å². The SMILES string of the molecule is CCc1ccccc1NC(=O)c1cc(=O)[nH]cn1. The van der Waals surface area contributed by atoms with E-state index < -0.39 is 0 Å². The molecule has 2 rings (SSSR count). The minimum atomic E-state index is -0.387. The van der Waals surface area contributed by atoms with Gasteiger partial charge in [0.05, 0.1) is 6.33 Å². The van der Waals surface area contributed by atoms with Crippen LogP contribution in [-0.4, -0.2) is 15.9 Å². The molecular formula is C13H13N3O2. The van der Waals surface area contributed by atoms with Crippen molar-refractivity contribution in [1.29, 1.82) is 0 Å². The average molecular weight is 243 g/mol. The number of para-hydroxylation sites is 1. The molecule has 0 atom stereocenters. The Morgan fingerprint density at radius 1 is 1.39 bits per heavy atom. The van der Waals surface area contributed by atoms with Crippen molar-refractivity contribution in [3.05, 3.63) is 58.3 Å². The van der Waals surface area contributed by atoms with E-state index in [-0.39, 0.29) is 17.2 Å². The lowest BCUT2D eigenvalue weighted by molar-refractivity contribution is 0.102. The van der Waals surface area contributed by atoms with Gasteiger partial charge in [0.15, 0.2) is 0 Å². The maximum atomic E-state index is 11.9. The molecule has 2 N–H and O–H groups in total. The Morgan fingerprint density at radius 3 is 2.89 bits per heavy atom. The van der Waals surface area contributed by atoms with E-state index >= 15 is 0 Å². The van der Waals surface area contributed by atoms with Gasteiger partial charge < -0.3 is 10.3 Å². The Bertz CT molecular complexity index is 619. The molecule has 0 fully saturated rings. The molecule has 0 aliphatic heterocycles. The molecule has 1 aromatic carbocycles. The number of nitrogens with one attached hydrogen (secondary N) is 2. The van der Waals surface area contributed by atoms with Crippen molar-refractivity contribution >= 4 is 11.6 Å². The number of aromatic amines is 1. The fraction of sp³-hybridized carbons (Fsp3) is 0.154. The fourth-order valence-corrected chi connectivity index (χ4v) is 1.63. The third-order valence-electron chi connectivity index (χ3n) is 2.56. The van der Waals surface area contributed by atoms with Gasteiger partial charge in [0, 0.05) is 11.8 Å². The Balaban J connectivity index is 2.24. The van der Waals surface area contributed by atoms with E-state index in [1.165, 1.54) is 12.4 Å². The second-order valence-electron chi connectivity index (χ2n) is 3.76. The highest BCUT2D eigenvalue weighted by Gasteiger charge is 2.09. The highest BCUT2D eigenvalue weighted by atomic mass is 16.2. The molecule has 0 saturated carbocycles. The average Bonchev–Trinajstić information content (AvgIpc) is 2.39. The lowest BCUT2D eigenvalue weighted by Crippen LogP contribution is -2.18. The van der Waals surface area contributed by atoms with Crippen LogP contribution in [0.2, 0.25) is 0 Å². The van der Waals surface area contributed by atoms with Crippen LogP contribution < -0.4 is 10.9 Å². The molecule has 92 valence electrons. The largest absolute Gasteiger partial charge is 0.320 e. The Hall–Kier alpha value is -2.43. The van der Waals surface area contributed by atoms with Gasteiger partial charge in [-0.25, -0.2) is 4.98 Å². The van der Waals surface area contributed by atoms with Crippen molar-refractivity contribution in [3.63, 3.8) is 0 Å². The van der Waals surface area contributed by atoms with Crippen molar-refractivity contribution in [2.75, 3.05) is 5.32 Å². The van der Waals surface area contributed by atoms with Crippen LogP contribution in [0, 0.1) is 0 Å². The molecule has 5 nitrogen and oxygen atoms in total. The number of H-pyrrole nitrogens is 1. The van der Waals surface area contributed by atoms with Crippen molar-refractivity contribution in [2.45, 2.75) is 13.3 Å². The summed E-state index contributed by atoms with van der Waals surface area (Å²) in [5.41, 5.74) is 1.53. The topological polar surface area (TPSA) is 74.8 Å². The van der Waals surface area contributed by atoms with Crippen molar-refractivity contribution in [2.24, 2.45) is 0 Å². The van der Waals surface area contributed by atoms with Crippen molar-refractivity contribution in [1.82, 2.24) is 9.97 Å². The number of anilines is 1. The van der Waals surface area contributed by atoms with E-state index in [2.05, 4.69) is 15.3 Å². The molecule has 1 amide bonds. The highest BCUT2D eigenvalue weighted by Crippen LogP contribution is 2.15. The second-order valence-corrected chi connectivity index (χ2v) is 3.76. The van der Waals surface area contributed by atoms with Gasteiger partial charge in [-0.05, 0) is 18.1 Å². The zero-order valence-electron chi connectivity index (χ0n) is 9.93. The predicted octanol–water partition coefficient (Wildman–Crippen LogP) is 1.58. The quantitative estimate of drug-likeness (QED) is 0.859. The number of aryl methyl sites for hydroxylation is 1. The lowest BCUT2D eigenvalue weighted by atomic mass is 10.1. The monoisotopic (exact) mass is 243 g/mol. The van der Waals surface area contributed by atoms with Crippen LogP contribution in [0.15, 0.2) is 41.5 Å². The second kappa shape index (κ2) is 5.27. The van der Waals surface area contributed by atoms with Gasteiger partial charge in [-0.3, -0.25) is 9.59 Å². The van der Waals surface area contributed by atoms with Crippen LogP contribution in [0.25, 0.3) is 0 Å². The summed E-state index contributed by atoms with van der Waals surface area (Å²) in [5, 5.41) is 2.75. The molecule has 0 unspecified atom stereocenters. The van der Waals surface area contributed by atoms with Crippen LogP contribution in [-0.2, 0) is 6.42 Å². The molecule has 0 saturated heterocycles. The molecule has 5 heteroatoms. The van der Waals surface area contributed by atoms with Gasteiger partial charge in [0.25, 0.3) is 11.5 Å². The summed E-state index contributed by atoms with van der Waals surface area (Å²) < 4.78 is 0. The number of benzene rings is 1. The summed E-state index contributed by atoms with van der Waals surface area (Å²) in [5.74, 6) is -0.387. The Labute approximate surface area is 104 Å². The van der Waals surface area contributed by atoms with Crippen molar-refractivity contribution < 1.29 is 4.79 Å². The summed E-state index contributed by atoms with van der Waals surface area (Å²) in [6, 6.07) is 8.70. The number of hydrogen-bond acceptors (Lipinski definition) is 3. The molecule has 18 heavy (non-hydrogen) atoms. The first-order valence-electron chi connectivity index (χ1n) is 5.64. The molecule has 2 aromatic rings. The van der Waals surface area contributed by atoms with Gasteiger partial charge >= 0.3 is 0 Å². The van der Waals surface area contributed by atoms with Gasteiger partial charge in [-0.2, -0.15) is 0 Å². The number of carbonyl (C=O) groups is 1. The molecule has 1 aromatic heterocycles. The maximum absolute atomic E-state index is 11.9. The molecule has 1 heterocycles. The molecule has 0 spiro atoms. The van der Waals surface area contributed by atoms with E-state index in [0.717, 1.165) is 17.7 Å². The Kier molecular flexibility index (Phi) is 3.52. The number of carbonyl (C=O) groups excluding carboxylic acids is 1. The summed E-state index contributed by atoms with van der Waals surface area (Å²) >= 11 is 0. The first-order valence-corrected chi connectivity index (χ1v) is 5.64. The van der Waals surface area contributed by atoms with E-state index in [1.54, 1.807) is 0 Å². The lowest BCUT2D eigenvalue weighted by Gasteiger charge is -2.08. The van der Waals surface area contributed by atoms with Crippen LogP contribution in [0.1, 0.15) is 23.0 Å². The molecule has 0 bridgehead atoms. The first kappa shape index (κ1) is 12.0. The third-order valence-corrected chi connectivity index (χ3v) is 2.56. The summed E-state index contributed by atoms with van der Waals surface area (Å²) in [6.07, 6.45) is 2.03. The number of rotatable bonds is 3.